The van der Waals surface area contributed by atoms with Crippen molar-refractivity contribution in [2.24, 2.45) is 0 Å². The number of para-hydroxylation sites is 1. The molecule has 0 amide bonds. The number of hydrogen-bond donors (Lipinski definition) is 3. The molecule has 0 radical (unpaired) electrons. The van der Waals surface area contributed by atoms with Crippen molar-refractivity contribution in [2.45, 2.75) is 6.54 Å². The molecule has 144 valence electrons. The van der Waals surface area contributed by atoms with Crippen molar-refractivity contribution >= 4 is 23.3 Å². The third-order valence-electron chi connectivity index (χ3n) is 4.01. The third kappa shape index (κ3) is 4.47. The van der Waals surface area contributed by atoms with Gasteiger partial charge in [0.15, 0.2) is 11.5 Å². The summed E-state index contributed by atoms with van der Waals surface area (Å²) in [6.45, 7) is 0.516. The number of carbonyl (C=O) groups is 1. The molecule has 0 saturated heterocycles. The lowest BCUT2D eigenvalue weighted by molar-refractivity contribution is 0.0698. The molecule has 0 spiro atoms. The molecule has 0 fully saturated rings. The van der Waals surface area contributed by atoms with E-state index in [2.05, 4.69) is 20.6 Å². The maximum absolute atomic E-state index is 11.3. The van der Waals surface area contributed by atoms with Gasteiger partial charge in [0, 0.05) is 12.6 Å². The van der Waals surface area contributed by atoms with Gasteiger partial charge in [0.05, 0.1) is 25.5 Å². The van der Waals surface area contributed by atoms with Gasteiger partial charge in [-0.15, -0.1) is 0 Å². The van der Waals surface area contributed by atoms with Crippen LogP contribution in [0.5, 0.6) is 11.5 Å². The Morgan fingerprint density at radius 3 is 2.50 bits per heavy atom. The number of aromatic nitrogens is 2. The van der Waals surface area contributed by atoms with Crippen molar-refractivity contribution in [3.8, 4) is 11.5 Å². The standard InChI is InChI=1S/C20H20N4O4/c1-27-16-8-7-13(9-17(16)28-2)11-21-18-10-19(23-12-22-18)24-15-6-4-3-5-14(15)20(25)26/h3-10,12H,11H2,1-2H3,(H,25,26)(H2,21,22,23,24). The number of nitrogens with one attached hydrogen (secondary N) is 2. The largest absolute Gasteiger partial charge is 0.493 e. The van der Waals surface area contributed by atoms with Gasteiger partial charge in [0.25, 0.3) is 0 Å². The third-order valence-corrected chi connectivity index (χ3v) is 4.01. The van der Waals surface area contributed by atoms with Gasteiger partial charge in [0.2, 0.25) is 0 Å². The molecule has 1 aromatic heterocycles. The highest BCUT2D eigenvalue weighted by atomic mass is 16.5. The number of anilines is 3. The van der Waals surface area contributed by atoms with Crippen LogP contribution >= 0.6 is 0 Å². The average Bonchev–Trinajstić information content (AvgIpc) is 2.72. The second-order valence-electron chi connectivity index (χ2n) is 5.81. The molecular weight excluding hydrogens is 360 g/mol. The normalized spacial score (nSPS) is 10.2. The van der Waals surface area contributed by atoms with Crippen LogP contribution < -0.4 is 20.1 Å². The first-order valence-corrected chi connectivity index (χ1v) is 8.47. The Morgan fingerprint density at radius 2 is 1.75 bits per heavy atom. The number of hydrogen-bond acceptors (Lipinski definition) is 7. The van der Waals surface area contributed by atoms with Crippen LogP contribution in [0.2, 0.25) is 0 Å². The summed E-state index contributed by atoms with van der Waals surface area (Å²) in [5.41, 5.74) is 1.61. The number of benzene rings is 2. The quantitative estimate of drug-likeness (QED) is 0.545. The van der Waals surface area contributed by atoms with E-state index in [-0.39, 0.29) is 5.56 Å². The summed E-state index contributed by atoms with van der Waals surface area (Å²) in [7, 11) is 3.18. The first-order valence-electron chi connectivity index (χ1n) is 8.47. The smallest absolute Gasteiger partial charge is 0.337 e. The molecule has 28 heavy (non-hydrogen) atoms. The first kappa shape index (κ1) is 19.0. The van der Waals surface area contributed by atoms with E-state index in [9.17, 15) is 9.90 Å². The van der Waals surface area contributed by atoms with E-state index in [0.717, 1.165) is 5.56 Å². The molecule has 2 aromatic carbocycles. The zero-order valence-corrected chi connectivity index (χ0v) is 15.5. The lowest BCUT2D eigenvalue weighted by Gasteiger charge is -2.12. The molecule has 1 heterocycles. The average molecular weight is 380 g/mol. The number of carboxylic acid groups (broad SMARTS) is 1. The van der Waals surface area contributed by atoms with E-state index in [1.54, 1.807) is 38.5 Å². The van der Waals surface area contributed by atoms with Crippen LogP contribution in [0.3, 0.4) is 0 Å². The topological polar surface area (TPSA) is 106 Å². The van der Waals surface area contributed by atoms with Crippen molar-refractivity contribution in [1.29, 1.82) is 0 Å². The molecule has 0 aliphatic heterocycles. The number of carboxylic acids is 1. The fourth-order valence-corrected chi connectivity index (χ4v) is 2.62. The summed E-state index contributed by atoms with van der Waals surface area (Å²) < 4.78 is 10.5. The minimum atomic E-state index is -1.01. The Labute approximate surface area is 162 Å². The second kappa shape index (κ2) is 8.72. The van der Waals surface area contributed by atoms with E-state index in [1.807, 2.05) is 18.2 Å². The van der Waals surface area contributed by atoms with Gasteiger partial charge in [-0.2, -0.15) is 0 Å². The molecule has 3 rings (SSSR count). The van der Waals surface area contributed by atoms with E-state index in [0.29, 0.717) is 35.4 Å². The number of methoxy groups -OCH3 is 2. The predicted octanol–water partition coefficient (Wildman–Crippen LogP) is 3.55. The Hall–Kier alpha value is -3.81. The molecule has 0 atom stereocenters. The number of nitrogens with zero attached hydrogens (tertiary/aromatic N) is 2. The summed E-state index contributed by atoms with van der Waals surface area (Å²) in [5.74, 6) is 1.39. The number of aromatic carboxylic acids is 1. The van der Waals surface area contributed by atoms with Crippen molar-refractivity contribution in [3.63, 3.8) is 0 Å². The molecule has 0 bridgehead atoms. The number of ether oxygens (including phenoxy) is 2. The Bertz CT molecular complexity index is 978. The molecule has 0 saturated carbocycles. The highest BCUT2D eigenvalue weighted by molar-refractivity contribution is 5.95. The Balaban J connectivity index is 1.71. The highest BCUT2D eigenvalue weighted by Gasteiger charge is 2.10. The van der Waals surface area contributed by atoms with Crippen LogP contribution in [0.4, 0.5) is 17.3 Å². The minimum Gasteiger partial charge on any atom is -0.493 e. The zero-order valence-electron chi connectivity index (χ0n) is 15.5. The van der Waals surface area contributed by atoms with Crippen LogP contribution in [-0.2, 0) is 6.54 Å². The van der Waals surface area contributed by atoms with Gasteiger partial charge in [-0.05, 0) is 29.8 Å². The monoisotopic (exact) mass is 380 g/mol. The van der Waals surface area contributed by atoms with Gasteiger partial charge in [-0.3, -0.25) is 0 Å². The highest BCUT2D eigenvalue weighted by Crippen LogP contribution is 2.28. The van der Waals surface area contributed by atoms with E-state index in [1.165, 1.54) is 12.4 Å². The van der Waals surface area contributed by atoms with Crippen molar-refractivity contribution < 1.29 is 19.4 Å². The van der Waals surface area contributed by atoms with Crippen molar-refractivity contribution in [3.05, 3.63) is 66.0 Å². The molecule has 8 heteroatoms. The SMILES string of the molecule is COc1ccc(CNc2cc(Nc3ccccc3C(=O)O)ncn2)cc1OC. The van der Waals surface area contributed by atoms with E-state index in [4.69, 9.17) is 9.47 Å². The predicted molar refractivity (Wildman–Crippen MR) is 106 cm³/mol. The molecular formula is C20H20N4O4. The van der Waals surface area contributed by atoms with Gasteiger partial charge >= 0.3 is 5.97 Å². The second-order valence-corrected chi connectivity index (χ2v) is 5.81. The maximum Gasteiger partial charge on any atom is 0.337 e. The molecule has 3 N–H and O–H groups in total. The van der Waals surface area contributed by atoms with Gasteiger partial charge in [-0.25, -0.2) is 14.8 Å². The van der Waals surface area contributed by atoms with Gasteiger partial charge in [0.1, 0.15) is 18.0 Å². The lowest BCUT2D eigenvalue weighted by atomic mass is 10.2. The lowest BCUT2D eigenvalue weighted by Crippen LogP contribution is -2.05. The van der Waals surface area contributed by atoms with Crippen LogP contribution in [0.1, 0.15) is 15.9 Å². The van der Waals surface area contributed by atoms with Crippen molar-refractivity contribution in [1.82, 2.24) is 9.97 Å². The summed E-state index contributed by atoms with van der Waals surface area (Å²) in [4.78, 5) is 19.7. The van der Waals surface area contributed by atoms with E-state index >= 15 is 0 Å². The minimum absolute atomic E-state index is 0.168. The van der Waals surface area contributed by atoms with Gasteiger partial charge < -0.3 is 25.2 Å². The molecule has 0 unspecified atom stereocenters. The van der Waals surface area contributed by atoms with E-state index < -0.39 is 5.97 Å². The van der Waals surface area contributed by atoms with Crippen molar-refractivity contribution in [2.75, 3.05) is 24.9 Å². The molecule has 0 aliphatic rings. The first-order chi connectivity index (χ1) is 13.6. The van der Waals surface area contributed by atoms with Crippen LogP contribution in [0.15, 0.2) is 54.9 Å². The Morgan fingerprint density at radius 1 is 1.00 bits per heavy atom. The maximum atomic E-state index is 11.3. The van der Waals surface area contributed by atoms with Crippen LogP contribution in [0, 0.1) is 0 Å². The van der Waals surface area contributed by atoms with Crippen LogP contribution in [-0.4, -0.2) is 35.3 Å². The molecule has 8 nitrogen and oxygen atoms in total. The summed E-state index contributed by atoms with van der Waals surface area (Å²) in [5, 5.41) is 15.5. The zero-order chi connectivity index (χ0) is 19.9. The fraction of sp³-hybridized carbons (Fsp3) is 0.150. The molecule has 0 aliphatic carbocycles. The fourth-order valence-electron chi connectivity index (χ4n) is 2.62. The summed E-state index contributed by atoms with van der Waals surface area (Å²) in [6, 6.07) is 14.0. The van der Waals surface area contributed by atoms with Crippen LogP contribution in [0.25, 0.3) is 0 Å². The summed E-state index contributed by atoms with van der Waals surface area (Å²) >= 11 is 0. The number of rotatable bonds is 8. The van der Waals surface area contributed by atoms with Gasteiger partial charge in [-0.1, -0.05) is 18.2 Å². The Kier molecular flexibility index (Phi) is 5.91. The summed E-state index contributed by atoms with van der Waals surface area (Å²) in [6.07, 6.45) is 1.41. The molecule has 3 aromatic rings.